The maximum absolute atomic E-state index is 12.9. The Morgan fingerprint density at radius 3 is 2.52 bits per heavy atom. The van der Waals surface area contributed by atoms with Crippen LogP contribution in [0.25, 0.3) is 39.1 Å². The van der Waals surface area contributed by atoms with E-state index in [4.69, 9.17) is 0 Å². The number of alkyl halides is 3. The Morgan fingerprint density at radius 1 is 1.10 bits per heavy atom. The van der Waals surface area contributed by atoms with Gasteiger partial charge in [0.15, 0.2) is 11.5 Å². The fraction of sp³-hybridized carbons (Fsp3) is 0.111. The van der Waals surface area contributed by atoms with E-state index >= 15 is 0 Å². The van der Waals surface area contributed by atoms with E-state index in [0.717, 1.165) is 17.6 Å². The number of nitrogens with one attached hydrogen (secondary N) is 1. The highest BCUT2D eigenvalue weighted by molar-refractivity contribution is 6.07. The Labute approximate surface area is 159 Å². The molecule has 0 radical (unpaired) electrons. The lowest BCUT2D eigenvalue weighted by Gasteiger charge is -2.10. The van der Waals surface area contributed by atoms with E-state index in [2.05, 4.69) is 25.0 Å². The molecule has 0 saturated carbocycles. The van der Waals surface area contributed by atoms with Crippen molar-refractivity contribution in [3.8, 4) is 17.1 Å². The summed E-state index contributed by atoms with van der Waals surface area (Å²) in [6.07, 6.45) is -4.41. The van der Waals surface area contributed by atoms with Crippen LogP contribution in [0.2, 0.25) is 0 Å². The standard InChI is InChI=1S/C18H11F3N6O2/c1-26-16-14(23-25-26)12-8-9(15-22-17(28)29-24-15)2-7-13(12)27(16)11-5-3-10(4-6-11)18(19,20)21/h2-8H,1H3,(H,22,24,28). The summed E-state index contributed by atoms with van der Waals surface area (Å²) < 4.78 is 46.6. The smallest absolute Gasteiger partial charge is 0.296 e. The zero-order chi connectivity index (χ0) is 20.3. The highest BCUT2D eigenvalue weighted by Crippen LogP contribution is 2.34. The molecule has 29 heavy (non-hydrogen) atoms. The maximum Gasteiger partial charge on any atom is 0.439 e. The molecule has 0 aliphatic heterocycles. The van der Waals surface area contributed by atoms with Crippen LogP contribution in [-0.2, 0) is 13.2 Å². The lowest BCUT2D eigenvalue weighted by atomic mass is 10.1. The number of fused-ring (bicyclic) bond motifs is 3. The lowest BCUT2D eigenvalue weighted by molar-refractivity contribution is -0.137. The van der Waals surface area contributed by atoms with E-state index < -0.39 is 17.5 Å². The maximum atomic E-state index is 12.9. The van der Waals surface area contributed by atoms with Gasteiger partial charge in [-0.15, -0.1) is 5.10 Å². The highest BCUT2D eigenvalue weighted by Gasteiger charge is 2.30. The second-order valence-electron chi connectivity index (χ2n) is 6.44. The van der Waals surface area contributed by atoms with Crippen LogP contribution < -0.4 is 5.76 Å². The van der Waals surface area contributed by atoms with Gasteiger partial charge < -0.3 is 0 Å². The van der Waals surface area contributed by atoms with Crippen LogP contribution in [0.4, 0.5) is 13.2 Å². The summed E-state index contributed by atoms with van der Waals surface area (Å²) in [6, 6.07) is 10.1. The second kappa shape index (κ2) is 5.80. The first-order valence-electron chi connectivity index (χ1n) is 8.41. The van der Waals surface area contributed by atoms with Gasteiger partial charge in [0, 0.05) is 23.7 Å². The van der Waals surface area contributed by atoms with Crippen molar-refractivity contribution in [3.63, 3.8) is 0 Å². The molecule has 5 aromatic rings. The van der Waals surface area contributed by atoms with E-state index in [1.54, 1.807) is 34.5 Å². The zero-order valence-electron chi connectivity index (χ0n) is 14.7. The van der Waals surface area contributed by atoms with Gasteiger partial charge in [-0.3, -0.25) is 14.1 Å². The van der Waals surface area contributed by atoms with Gasteiger partial charge in [-0.1, -0.05) is 10.4 Å². The third-order valence-corrected chi connectivity index (χ3v) is 4.67. The number of aromatic amines is 1. The number of rotatable bonds is 2. The second-order valence-corrected chi connectivity index (χ2v) is 6.44. The summed E-state index contributed by atoms with van der Waals surface area (Å²) in [5.74, 6) is -0.414. The fourth-order valence-corrected chi connectivity index (χ4v) is 3.37. The Kier molecular flexibility index (Phi) is 3.45. The molecule has 3 heterocycles. The number of hydrogen-bond acceptors (Lipinski definition) is 5. The number of H-pyrrole nitrogens is 1. The van der Waals surface area contributed by atoms with Gasteiger partial charge in [0.2, 0.25) is 0 Å². The number of benzene rings is 2. The molecular weight excluding hydrogens is 389 g/mol. The molecule has 0 unspecified atom stereocenters. The molecule has 0 aliphatic rings. The lowest BCUT2D eigenvalue weighted by Crippen LogP contribution is -2.05. The minimum absolute atomic E-state index is 0.260. The molecule has 5 rings (SSSR count). The summed E-state index contributed by atoms with van der Waals surface area (Å²) in [5.41, 5.74) is 2.30. The average Bonchev–Trinajstić information content (AvgIpc) is 3.36. The summed E-state index contributed by atoms with van der Waals surface area (Å²) >= 11 is 0. The molecular formula is C18H11F3N6O2. The number of aromatic nitrogens is 6. The normalized spacial score (nSPS) is 12.3. The Morgan fingerprint density at radius 2 is 1.86 bits per heavy atom. The summed E-state index contributed by atoms with van der Waals surface area (Å²) in [7, 11) is 1.70. The van der Waals surface area contributed by atoms with Gasteiger partial charge >= 0.3 is 11.9 Å². The van der Waals surface area contributed by atoms with Crippen LogP contribution in [0.1, 0.15) is 5.56 Å². The van der Waals surface area contributed by atoms with Crippen molar-refractivity contribution in [3.05, 3.63) is 58.6 Å². The molecule has 3 aromatic heterocycles. The summed E-state index contributed by atoms with van der Waals surface area (Å²) in [5, 5.41) is 12.6. The quantitative estimate of drug-likeness (QED) is 0.491. The van der Waals surface area contributed by atoms with Crippen LogP contribution in [0.5, 0.6) is 0 Å². The molecule has 0 saturated heterocycles. The van der Waals surface area contributed by atoms with E-state index in [-0.39, 0.29) is 5.82 Å². The number of nitrogens with zero attached hydrogens (tertiary/aromatic N) is 5. The SMILES string of the molecule is Cn1nnc2c3cc(-c4noc(=O)[nH]4)ccc3n(-c3ccc(C(F)(F)F)cc3)c21. The van der Waals surface area contributed by atoms with Gasteiger partial charge in [0.05, 0.1) is 11.1 Å². The third kappa shape index (κ3) is 2.62. The summed E-state index contributed by atoms with van der Waals surface area (Å²) in [6.45, 7) is 0. The van der Waals surface area contributed by atoms with E-state index in [9.17, 15) is 18.0 Å². The molecule has 0 aliphatic carbocycles. The fourth-order valence-electron chi connectivity index (χ4n) is 3.37. The van der Waals surface area contributed by atoms with Crippen LogP contribution in [0.15, 0.2) is 51.8 Å². The van der Waals surface area contributed by atoms with Crippen molar-refractivity contribution in [2.75, 3.05) is 0 Å². The van der Waals surface area contributed by atoms with E-state index in [1.165, 1.54) is 12.1 Å². The van der Waals surface area contributed by atoms with E-state index in [0.29, 0.717) is 27.8 Å². The Bertz CT molecular complexity index is 1420. The van der Waals surface area contributed by atoms with Crippen LogP contribution in [-0.4, -0.2) is 29.7 Å². The van der Waals surface area contributed by atoms with Gasteiger partial charge in [-0.05, 0) is 42.5 Å². The molecule has 0 fully saturated rings. The monoisotopic (exact) mass is 400 g/mol. The van der Waals surface area contributed by atoms with Crippen molar-refractivity contribution < 1.29 is 17.7 Å². The average molecular weight is 400 g/mol. The molecule has 0 bridgehead atoms. The highest BCUT2D eigenvalue weighted by atomic mass is 19.4. The van der Waals surface area contributed by atoms with E-state index in [1.807, 2.05) is 0 Å². The molecule has 0 atom stereocenters. The topological polar surface area (TPSA) is 94.5 Å². The first kappa shape index (κ1) is 17.2. The van der Waals surface area contributed by atoms with Gasteiger partial charge in [-0.25, -0.2) is 9.48 Å². The van der Waals surface area contributed by atoms with Crippen molar-refractivity contribution in [1.29, 1.82) is 0 Å². The minimum atomic E-state index is -4.41. The third-order valence-electron chi connectivity index (χ3n) is 4.67. The van der Waals surface area contributed by atoms with Crippen LogP contribution >= 0.6 is 0 Å². The molecule has 1 N–H and O–H groups in total. The predicted molar refractivity (Wildman–Crippen MR) is 96.5 cm³/mol. The number of hydrogen-bond donors (Lipinski definition) is 1. The number of halogens is 3. The first-order chi connectivity index (χ1) is 13.8. The van der Waals surface area contributed by atoms with Crippen LogP contribution in [0.3, 0.4) is 0 Å². The molecule has 8 nitrogen and oxygen atoms in total. The van der Waals surface area contributed by atoms with Crippen molar-refractivity contribution in [2.24, 2.45) is 7.05 Å². The number of aryl methyl sites for hydroxylation is 1. The summed E-state index contributed by atoms with van der Waals surface area (Å²) in [4.78, 5) is 13.7. The van der Waals surface area contributed by atoms with Crippen LogP contribution in [0, 0.1) is 0 Å². The van der Waals surface area contributed by atoms with Gasteiger partial charge in [0.1, 0.15) is 5.52 Å². The largest absolute Gasteiger partial charge is 0.439 e. The first-order valence-corrected chi connectivity index (χ1v) is 8.41. The van der Waals surface area contributed by atoms with Crippen molar-refractivity contribution in [2.45, 2.75) is 6.18 Å². The molecule has 2 aromatic carbocycles. The minimum Gasteiger partial charge on any atom is -0.296 e. The molecule has 146 valence electrons. The Hall–Kier alpha value is -3.89. The van der Waals surface area contributed by atoms with Gasteiger partial charge in [-0.2, -0.15) is 13.2 Å². The molecule has 0 amide bonds. The van der Waals surface area contributed by atoms with Crippen molar-refractivity contribution in [1.82, 2.24) is 29.7 Å². The molecule has 11 heteroatoms. The predicted octanol–water partition coefficient (Wildman–Crippen LogP) is 3.27. The molecule has 0 spiro atoms. The Balaban J connectivity index is 1.76. The zero-order valence-corrected chi connectivity index (χ0v) is 14.7. The van der Waals surface area contributed by atoms with Gasteiger partial charge in [0.25, 0.3) is 0 Å². The van der Waals surface area contributed by atoms with Crippen molar-refractivity contribution >= 4 is 22.1 Å².